The third kappa shape index (κ3) is 4.27. The van der Waals surface area contributed by atoms with Gasteiger partial charge in [0.05, 0.1) is 0 Å². The lowest BCUT2D eigenvalue weighted by Gasteiger charge is -2.20. The number of hydrogen-bond donors (Lipinski definition) is 2. The Labute approximate surface area is 112 Å². The molecule has 0 saturated carbocycles. The monoisotopic (exact) mass is 271 g/mol. The summed E-state index contributed by atoms with van der Waals surface area (Å²) >= 11 is 1.39. The van der Waals surface area contributed by atoms with Crippen LogP contribution in [-0.4, -0.2) is 47.1 Å². The first kappa shape index (κ1) is 14.9. The molecule has 6 heteroatoms. The Hall–Kier alpha value is -1.14. The lowest BCUT2D eigenvalue weighted by atomic mass is 10.3. The maximum Gasteiger partial charge on any atom is 0.355 e. The van der Waals surface area contributed by atoms with Crippen molar-refractivity contribution in [3.8, 4) is 0 Å². The number of rotatable bonds is 7. The van der Waals surface area contributed by atoms with E-state index >= 15 is 0 Å². The number of aromatic carboxylic acids is 1. The van der Waals surface area contributed by atoms with Crippen LogP contribution in [0, 0.1) is 6.92 Å². The zero-order valence-electron chi connectivity index (χ0n) is 11.4. The van der Waals surface area contributed by atoms with E-state index in [1.165, 1.54) is 11.3 Å². The SMILES string of the molecule is Cc1sc(NCCCN(C)C(C)C)nc1C(=O)O. The van der Waals surface area contributed by atoms with Gasteiger partial charge in [-0.1, -0.05) is 0 Å². The predicted molar refractivity (Wildman–Crippen MR) is 74.7 cm³/mol. The number of carboxylic acid groups (broad SMARTS) is 1. The summed E-state index contributed by atoms with van der Waals surface area (Å²) in [6.45, 7) is 7.93. The van der Waals surface area contributed by atoms with Gasteiger partial charge in [0.25, 0.3) is 0 Å². The lowest BCUT2D eigenvalue weighted by molar-refractivity contribution is 0.0690. The molecule has 0 bridgehead atoms. The zero-order valence-corrected chi connectivity index (χ0v) is 12.2. The standard InChI is InChI=1S/C12H21N3O2S/c1-8(2)15(4)7-5-6-13-12-14-10(11(16)17)9(3)18-12/h8H,5-7H2,1-4H3,(H,13,14)(H,16,17). The number of nitrogens with one attached hydrogen (secondary N) is 1. The minimum absolute atomic E-state index is 0.154. The van der Waals surface area contributed by atoms with E-state index in [1.54, 1.807) is 6.92 Å². The normalized spacial score (nSPS) is 11.2. The first-order valence-corrected chi connectivity index (χ1v) is 6.88. The molecule has 1 aromatic rings. The van der Waals surface area contributed by atoms with Gasteiger partial charge in [-0.15, -0.1) is 11.3 Å². The van der Waals surface area contributed by atoms with Gasteiger partial charge in [-0.05, 0) is 40.8 Å². The van der Waals surface area contributed by atoms with Crippen LogP contribution in [0.15, 0.2) is 0 Å². The fourth-order valence-corrected chi connectivity index (χ4v) is 2.28. The molecule has 0 atom stereocenters. The van der Waals surface area contributed by atoms with Gasteiger partial charge in [-0.25, -0.2) is 9.78 Å². The molecule has 0 aliphatic heterocycles. The number of hydrogen-bond acceptors (Lipinski definition) is 5. The highest BCUT2D eigenvalue weighted by molar-refractivity contribution is 7.15. The Bertz CT molecular complexity index is 404. The van der Waals surface area contributed by atoms with E-state index in [1.807, 2.05) is 0 Å². The first-order valence-electron chi connectivity index (χ1n) is 6.06. The van der Waals surface area contributed by atoms with E-state index in [4.69, 9.17) is 5.11 Å². The highest BCUT2D eigenvalue weighted by Crippen LogP contribution is 2.21. The van der Waals surface area contributed by atoms with Crippen molar-refractivity contribution in [3.63, 3.8) is 0 Å². The molecule has 102 valence electrons. The number of thiazole rings is 1. The lowest BCUT2D eigenvalue weighted by Crippen LogP contribution is -2.28. The van der Waals surface area contributed by atoms with E-state index in [0.717, 1.165) is 24.4 Å². The molecule has 2 N–H and O–H groups in total. The van der Waals surface area contributed by atoms with E-state index in [0.29, 0.717) is 11.2 Å². The van der Waals surface area contributed by atoms with Gasteiger partial charge >= 0.3 is 5.97 Å². The van der Waals surface area contributed by atoms with Crippen molar-refractivity contribution < 1.29 is 9.90 Å². The summed E-state index contributed by atoms with van der Waals surface area (Å²) in [6, 6.07) is 0.547. The number of aromatic nitrogens is 1. The minimum atomic E-state index is -0.962. The molecule has 0 saturated heterocycles. The molecule has 0 aliphatic carbocycles. The molecule has 1 heterocycles. The molecule has 0 radical (unpaired) electrons. The van der Waals surface area contributed by atoms with Crippen LogP contribution < -0.4 is 5.32 Å². The zero-order chi connectivity index (χ0) is 13.7. The Balaban J connectivity index is 2.36. The fourth-order valence-electron chi connectivity index (χ4n) is 1.45. The maximum atomic E-state index is 10.8. The van der Waals surface area contributed by atoms with Gasteiger partial charge in [0.1, 0.15) is 0 Å². The fraction of sp³-hybridized carbons (Fsp3) is 0.667. The maximum absolute atomic E-state index is 10.8. The molecule has 1 rings (SSSR count). The largest absolute Gasteiger partial charge is 0.476 e. The topological polar surface area (TPSA) is 65.5 Å². The van der Waals surface area contributed by atoms with Crippen molar-refractivity contribution in [2.45, 2.75) is 33.2 Å². The van der Waals surface area contributed by atoms with Crippen molar-refractivity contribution in [1.82, 2.24) is 9.88 Å². The predicted octanol–water partition coefficient (Wildman–Crippen LogP) is 2.29. The van der Waals surface area contributed by atoms with E-state index in [2.05, 4.69) is 36.1 Å². The van der Waals surface area contributed by atoms with Crippen LogP contribution in [0.2, 0.25) is 0 Å². The summed E-state index contributed by atoms with van der Waals surface area (Å²) < 4.78 is 0. The molecule has 0 aliphatic rings. The molecule has 0 fully saturated rings. The van der Waals surface area contributed by atoms with Crippen molar-refractivity contribution in [3.05, 3.63) is 10.6 Å². The number of nitrogens with zero attached hydrogens (tertiary/aromatic N) is 2. The molecule has 18 heavy (non-hydrogen) atoms. The molecule has 0 amide bonds. The van der Waals surface area contributed by atoms with Gasteiger partial charge in [0.15, 0.2) is 10.8 Å². The van der Waals surface area contributed by atoms with Gasteiger partial charge < -0.3 is 15.3 Å². The van der Waals surface area contributed by atoms with E-state index in [9.17, 15) is 4.79 Å². The Morgan fingerprint density at radius 2 is 2.22 bits per heavy atom. The Kier molecular flexibility index (Phi) is 5.55. The molecule has 0 aromatic carbocycles. The molecular formula is C12H21N3O2S. The van der Waals surface area contributed by atoms with Crippen LogP contribution in [0.1, 0.15) is 35.6 Å². The number of anilines is 1. The van der Waals surface area contributed by atoms with Crippen molar-refractivity contribution in [2.24, 2.45) is 0 Å². The van der Waals surface area contributed by atoms with Crippen LogP contribution in [0.4, 0.5) is 5.13 Å². The molecule has 1 aromatic heterocycles. The number of aryl methyl sites for hydroxylation is 1. The molecule has 5 nitrogen and oxygen atoms in total. The quantitative estimate of drug-likeness (QED) is 0.745. The highest BCUT2D eigenvalue weighted by atomic mass is 32.1. The summed E-state index contributed by atoms with van der Waals surface area (Å²) in [5.74, 6) is -0.962. The van der Waals surface area contributed by atoms with Crippen molar-refractivity contribution in [2.75, 3.05) is 25.5 Å². The van der Waals surface area contributed by atoms with E-state index < -0.39 is 5.97 Å². The third-order valence-electron chi connectivity index (χ3n) is 2.84. The van der Waals surface area contributed by atoms with Crippen LogP contribution in [0.3, 0.4) is 0 Å². The van der Waals surface area contributed by atoms with Gasteiger partial charge in [0.2, 0.25) is 0 Å². The number of carbonyl (C=O) groups is 1. The molecular weight excluding hydrogens is 250 g/mol. The first-order chi connectivity index (χ1) is 8.41. The molecule has 0 unspecified atom stereocenters. The van der Waals surface area contributed by atoms with Crippen LogP contribution in [0.25, 0.3) is 0 Å². The molecule has 0 spiro atoms. The number of carboxylic acids is 1. The van der Waals surface area contributed by atoms with Crippen LogP contribution in [-0.2, 0) is 0 Å². The second-order valence-electron chi connectivity index (χ2n) is 4.58. The Morgan fingerprint density at radius 1 is 1.56 bits per heavy atom. The highest BCUT2D eigenvalue weighted by Gasteiger charge is 2.13. The van der Waals surface area contributed by atoms with Gasteiger partial charge in [0, 0.05) is 17.5 Å². The second kappa shape index (κ2) is 6.70. The summed E-state index contributed by atoms with van der Waals surface area (Å²) in [7, 11) is 2.10. The van der Waals surface area contributed by atoms with Crippen LogP contribution in [0.5, 0.6) is 0 Å². The second-order valence-corrected chi connectivity index (χ2v) is 5.79. The summed E-state index contributed by atoms with van der Waals surface area (Å²) in [6.07, 6.45) is 1.01. The average Bonchev–Trinajstić information content (AvgIpc) is 2.65. The summed E-state index contributed by atoms with van der Waals surface area (Å²) in [5, 5.41) is 12.8. The Morgan fingerprint density at radius 3 is 2.72 bits per heavy atom. The summed E-state index contributed by atoms with van der Waals surface area (Å²) in [4.78, 5) is 17.9. The van der Waals surface area contributed by atoms with Gasteiger partial charge in [-0.2, -0.15) is 0 Å². The van der Waals surface area contributed by atoms with Crippen molar-refractivity contribution in [1.29, 1.82) is 0 Å². The summed E-state index contributed by atoms with van der Waals surface area (Å²) in [5.41, 5.74) is 0.154. The average molecular weight is 271 g/mol. The van der Waals surface area contributed by atoms with E-state index in [-0.39, 0.29) is 5.69 Å². The van der Waals surface area contributed by atoms with Crippen LogP contribution >= 0.6 is 11.3 Å². The third-order valence-corrected chi connectivity index (χ3v) is 3.77. The minimum Gasteiger partial charge on any atom is -0.476 e. The smallest absolute Gasteiger partial charge is 0.355 e. The van der Waals surface area contributed by atoms with Gasteiger partial charge in [-0.3, -0.25) is 0 Å². The van der Waals surface area contributed by atoms with Crippen molar-refractivity contribution >= 4 is 22.4 Å².